The highest BCUT2D eigenvalue weighted by Gasteiger charge is 2.38. The number of halogens is 3. The van der Waals surface area contributed by atoms with Gasteiger partial charge in [0.05, 0.1) is 5.69 Å². The fraction of sp³-hybridized carbons (Fsp3) is 0.571. The predicted molar refractivity (Wildman–Crippen MR) is 67.4 cm³/mol. The number of hydrogen-bond donors (Lipinski definition) is 1. The van der Waals surface area contributed by atoms with Crippen LogP contribution in [0.25, 0.3) is 0 Å². The molecule has 2 fully saturated rings. The normalized spacial score (nSPS) is 30.5. The molecule has 2 N–H and O–H groups in total. The molecule has 0 aromatic heterocycles. The van der Waals surface area contributed by atoms with Crippen molar-refractivity contribution >= 4 is 5.69 Å². The monoisotopic (exact) mass is 270 g/mol. The minimum atomic E-state index is -1.38. The zero-order valence-electron chi connectivity index (χ0n) is 10.6. The number of anilines is 1. The second-order valence-corrected chi connectivity index (χ2v) is 5.57. The van der Waals surface area contributed by atoms with Gasteiger partial charge in [0.1, 0.15) is 0 Å². The van der Waals surface area contributed by atoms with E-state index in [1.165, 1.54) is 6.07 Å². The molecule has 19 heavy (non-hydrogen) atoms. The molecule has 0 amide bonds. The zero-order chi connectivity index (χ0) is 13.6. The molecule has 2 aliphatic heterocycles. The molecule has 1 aromatic rings. The highest BCUT2D eigenvalue weighted by atomic mass is 19.2. The molecule has 2 unspecified atom stereocenters. The average molecular weight is 270 g/mol. The van der Waals surface area contributed by atoms with E-state index in [4.69, 9.17) is 5.73 Å². The van der Waals surface area contributed by atoms with Gasteiger partial charge in [-0.05, 0) is 44.2 Å². The summed E-state index contributed by atoms with van der Waals surface area (Å²) in [6.45, 7) is 0. The summed E-state index contributed by atoms with van der Waals surface area (Å²) in [6.07, 6.45) is 4.53. The summed E-state index contributed by atoms with van der Waals surface area (Å²) in [5, 5.41) is 0. The molecule has 3 rings (SSSR count). The first-order valence-corrected chi connectivity index (χ1v) is 6.75. The lowest BCUT2D eigenvalue weighted by atomic mass is 9.81. The molecular weight excluding hydrogens is 253 g/mol. The van der Waals surface area contributed by atoms with E-state index in [0.29, 0.717) is 0 Å². The Balaban J connectivity index is 2.00. The number of piperidine rings is 2. The van der Waals surface area contributed by atoms with E-state index < -0.39 is 17.5 Å². The smallest absolute Gasteiger partial charge is 0.196 e. The molecule has 104 valence electrons. The summed E-state index contributed by atoms with van der Waals surface area (Å²) in [5.41, 5.74) is 6.18. The summed E-state index contributed by atoms with van der Waals surface area (Å²) < 4.78 is 40.4. The van der Waals surface area contributed by atoms with Crippen molar-refractivity contribution in [2.45, 2.75) is 50.2 Å². The standard InChI is InChI=1S/C14H17F3N2/c15-11-4-5-12(14(17)13(11)16)19-9-2-1-3-10(19)7-8(18)6-9/h4-5,8-10H,1-3,6-7,18H2. The van der Waals surface area contributed by atoms with E-state index in [1.54, 1.807) is 0 Å². The van der Waals surface area contributed by atoms with Crippen molar-refractivity contribution in [2.24, 2.45) is 5.73 Å². The van der Waals surface area contributed by atoms with E-state index >= 15 is 0 Å². The van der Waals surface area contributed by atoms with E-state index in [1.807, 2.05) is 4.90 Å². The third-order valence-corrected chi connectivity index (χ3v) is 4.30. The lowest BCUT2D eigenvalue weighted by Gasteiger charge is -2.49. The SMILES string of the molecule is NC1CC2CCCC(C1)N2c1ccc(F)c(F)c1F. The minimum absolute atomic E-state index is 0.125. The van der Waals surface area contributed by atoms with Crippen molar-refractivity contribution in [1.29, 1.82) is 0 Å². The fourth-order valence-corrected chi connectivity index (χ4v) is 3.53. The number of hydrogen-bond acceptors (Lipinski definition) is 2. The van der Waals surface area contributed by atoms with Crippen LogP contribution in [0.4, 0.5) is 18.9 Å². The quantitative estimate of drug-likeness (QED) is 0.795. The Morgan fingerprint density at radius 2 is 1.63 bits per heavy atom. The molecule has 0 saturated carbocycles. The van der Waals surface area contributed by atoms with Crippen molar-refractivity contribution in [2.75, 3.05) is 4.90 Å². The molecule has 1 aromatic carbocycles. The van der Waals surface area contributed by atoms with Crippen LogP contribution < -0.4 is 10.6 Å². The van der Waals surface area contributed by atoms with Gasteiger partial charge in [0.25, 0.3) is 0 Å². The van der Waals surface area contributed by atoms with Crippen molar-refractivity contribution in [3.8, 4) is 0 Å². The Morgan fingerprint density at radius 1 is 1.00 bits per heavy atom. The van der Waals surface area contributed by atoms with E-state index in [9.17, 15) is 13.2 Å². The molecule has 2 bridgehead atoms. The number of fused-ring (bicyclic) bond motifs is 2. The lowest BCUT2D eigenvalue weighted by Crippen LogP contribution is -2.55. The maximum atomic E-state index is 14.0. The topological polar surface area (TPSA) is 29.3 Å². The summed E-state index contributed by atoms with van der Waals surface area (Å²) >= 11 is 0. The molecule has 2 atom stereocenters. The van der Waals surface area contributed by atoms with Crippen LogP contribution in [-0.2, 0) is 0 Å². The first kappa shape index (κ1) is 12.8. The maximum absolute atomic E-state index is 14.0. The number of rotatable bonds is 1. The molecule has 2 aliphatic rings. The molecule has 2 saturated heterocycles. The van der Waals surface area contributed by atoms with Crippen LogP contribution in [-0.4, -0.2) is 18.1 Å². The van der Waals surface area contributed by atoms with Gasteiger partial charge in [-0.1, -0.05) is 0 Å². The van der Waals surface area contributed by atoms with Crippen LogP contribution in [0, 0.1) is 17.5 Å². The Labute approximate surface area is 110 Å². The molecular formula is C14H17F3N2. The minimum Gasteiger partial charge on any atom is -0.363 e. The van der Waals surface area contributed by atoms with Gasteiger partial charge in [0.2, 0.25) is 0 Å². The van der Waals surface area contributed by atoms with Gasteiger partial charge in [-0.25, -0.2) is 13.2 Å². The van der Waals surface area contributed by atoms with Gasteiger partial charge in [-0.15, -0.1) is 0 Å². The molecule has 0 aliphatic carbocycles. The molecule has 0 spiro atoms. The van der Waals surface area contributed by atoms with Gasteiger partial charge >= 0.3 is 0 Å². The number of nitrogens with zero attached hydrogens (tertiary/aromatic N) is 1. The Bertz CT molecular complexity index is 478. The molecule has 2 nitrogen and oxygen atoms in total. The highest BCUT2D eigenvalue weighted by Crippen LogP contribution is 2.38. The predicted octanol–water partition coefficient (Wildman–Crippen LogP) is 2.95. The van der Waals surface area contributed by atoms with Crippen LogP contribution in [0.1, 0.15) is 32.1 Å². The Kier molecular flexibility index (Phi) is 3.17. The summed E-state index contributed by atoms with van der Waals surface area (Å²) in [6, 6.07) is 2.75. The second-order valence-electron chi connectivity index (χ2n) is 5.57. The van der Waals surface area contributed by atoms with Crippen LogP contribution in [0.15, 0.2) is 12.1 Å². The van der Waals surface area contributed by atoms with Gasteiger partial charge in [-0.2, -0.15) is 0 Å². The van der Waals surface area contributed by atoms with E-state index in [0.717, 1.165) is 38.2 Å². The van der Waals surface area contributed by atoms with Gasteiger partial charge in [0.15, 0.2) is 17.5 Å². The van der Waals surface area contributed by atoms with Crippen molar-refractivity contribution in [3.05, 3.63) is 29.6 Å². The highest BCUT2D eigenvalue weighted by molar-refractivity contribution is 5.51. The summed E-state index contributed by atoms with van der Waals surface area (Å²) in [4.78, 5) is 1.92. The third-order valence-electron chi connectivity index (χ3n) is 4.30. The molecule has 0 radical (unpaired) electrons. The summed E-state index contributed by atoms with van der Waals surface area (Å²) in [7, 11) is 0. The number of benzene rings is 1. The van der Waals surface area contributed by atoms with Crippen molar-refractivity contribution in [3.63, 3.8) is 0 Å². The van der Waals surface area contributed by atoms with Crippen LogP contribution in [0.5, 0.6) is 0 Å². The fourth-order valence-electron chi connectivity index (χ4n) is 3.53. The van der Waals surface area contributed by atoms with E-state index in [2.05, 4.69) is 0 Å². The van der Waals surface area contributed by atoms with Gasteiger partial charge < -0.3 is 10.6 Å². The molecule has 5 heteroatoms. The van der Waals surface area contributed by atoms with E-state index in [-0.39, 0.29) is 23.8 Å². The van der Waals surface area contributed by atoms with Crippen LogP contribution >= 0.6 is 0 Å². The maximum Gasteiger partial charge on any atom is 0.196 e. The lowest BCUT2D eigenvalue weighted by molar-refractivity contribution is 0.268. The Morgan fingerprint density at radius 3 is 2.26 bits per heavy atom. The van der Waals surface area contributed by atoms with Gasteiger partial charge in [0, 0.05) is 18.1 Å². The second kappa shape index (κ2) is 4.71. The first-order valence-electron chi connectivity index (χ1n) is 6.75. The van der Waals surface area contributed by atoms with Crippen LogP contribution in [0.2, 0.25) is 0 Å². The van der Waals surface area contributed by atoms with Gasteiger partial charge in [-0.3, -0.25) is 0 Å². The van der Waals surface area contributed by atoms with Crippen molar-refractivity contribution in [1.82, 2.24) is 0 Å². The molecule has 2 heterocycles. The van der Waals surface area contributed by atoms with Crippen molar-refractivity contribution < 1.29 is 13.2 Å². The zero-order valence-corrected chi connectivity index (χ0v) is 10.6. The third kappa shape index (κ3) is 2.10. The average Bonchev–Trinajstić information content (AvgIpc) is 2.36. The number of nitrogens with two attached hydrogens (primary N) is 1. The largest absolute Gasteiger partial charge is 0.363 e. The first-order chi connectivity index (χ1) is 9.08. The Hall–Kier alpha value is -1.23. The van der Waals surface area contributed by atoms with Crippen LogP contribution in [0.3, 0.4) is 0 Å². The summed E-state index contributed by atoms with van der Waals surface area (Å²) in [5.74, 6) is -3.60.